The van der Waals surface area contributed by atoms with Gasteiger partial charge in [-0.15, -0.1) is 0 Å². The van der Waals surface area contributed by atoms with Crippen LogP contribution in [0.3, 0.4) is 0 Å². The van der Waals surface area contributed by atoms with Crippen LogP contribution < -0.4 is 16.1 Å². The van der Waals surface area contributed by atoms with Gasteiger partial charge < -0.3 is 20.3 Å². The third-order valence-electron chi connectivity index (χ3n) is 6.11. The first-order valence-electron chi connectivity index (χ1n) is 10.8. The summed E-state index contributed by atoms with van der Waals surface area (Å²) in [6, 6.07) is 3.01. The molecule has 0 bridgehead atoms. The normalized spacial score (nSPS) is 22.9. The Morgan fingerprint density at radius 2 is 1.97 bits per heavy atom. The summed E-state index contributed by atoms with van der Waals surface area (Å²) in [6.45, 7) is 14.0. The van der Waals surface area contributed by atoms with Crippen molar-refractivity contribution in [1.82, 2.24) is 5.32 Å². The molecule has 3 N–H and O–H groups in total. The molecule has 0 unspecified atom stereocenters. The Bertz CT molecular complexity index is 715. The second-order valence-electron chi connectivity index (χ2n) is 9.08. The van der Waals surface area contributed by atoms with Crippen LogP contribution in [0.25, 0.3) is 0 Å². The van der Waals surface area contributed by atoms with E-state index in [0.29, 0.717) is 36.6 Å². The van der Waals surface area contributed by atoms with Crippen molar-refractivity contribution in [3.05, 3.63) is 23.5 Å². The number of hydrogen-bond donors (Lipinski definition) is 3. The maximum Gasteiger partial charge on any atom is 0.491 e. The molecule has 0 atom stereocenters. The predicted octanol–water partition coefficient (Wildman–Crippen LogP) is 3.45. The van der Waals surface area contributed by atoms with Crippen LogP contribution >= 0.6 is 0 Å². The number of fused-ring (bicyclic) bond motifs is 1. The predicted molar refractivity (Wildman–Crippen MR) is 117 cm³/mol. The van der Waals surface area contributed by atoms with Gasteiger partial charge in [0.1, 0.15) is 5.82 Å². The van der Waals surface area contributed by atoms with Crippen LogP contribution in [0, 0.1) is 22.6 Å². The highest BCUT2D eigenvalue weighted by molar-refractivity contribution is 6.61. The summed E-state index contributed by atoms with van der Waals surface area (Å²) < 4.78 is 19.2. The zero-order valence-corrected chi connectivity index (χ0v) is 18.7. The Balaban J connectivity index is 0.00000145. The Hall–Kier alpha value is -1.60. The number of halogens is 1. The minimum atomic E-state index is -1.04. The number of carbonyl (C=O) groups excluding carboxylic acids is 1. The average Bonchev–Trinajstić information content (AvgIpc) is 2.99. The summed E-state index contributed by atoms with van der Waals surface area (Å²) in [5.41, 5.74) is 1.37. The summed E-state index contributed by atoms with van der Waals surface area (Å²) in [5, 5.41) is 15.8. The van der Waals surface area contributed by atoms with E-state index in [4.69, 9.17) is 4.65 Å². The van der Waals surface area contributed by atoms with E-state index in [0.717, 1.165) is 18.4 Å². The van der Waals surface area contributed by atoms with Gasteiger partial charge in [0.25, 0.3) is 0 Å². The molecule has 0 spiro atoms. The smallest absolute Gasteiger partial charge is 0.423 e. The third kappa shape index (κ3) is 4.94. The molecule has 0 saturated heterocycles. The molecule has 1 saturated carbocycles. The van der Waals surface area contributed by atoms with E-state index in [1.165, 1.54) is 6.07 Å². The molecule has 1 aliphatic heterocycles. The summed E-state index contributed by atoms with van der Waals surface area (Å²) in [7, 11) is -1.04. The fourth-order valence-electron chi connectivity index (χ4n) is 4.33. The molecule has 1 fully saturated rings. The lowest BCUT2D eigenvalue weighted by Gasteiger charge is -2.53. The van der Waals surface area contributed by atoms with Crippen LogP contribution in [0.1, 0.15) is 66.4 Å². The van der Waals surface area contributed by atoms with Gasteiger partial charge in [-0.1, -0.05) is 41.5 Å². The molecular formula is C22H36BFN2O3. The summed E-state index contributed by atoms with van der Waals surface area (Å²) in [6.07, 6.45) is 2.58. The molecule has 162 valence electrons. The van der Waals surface area contributed by atoms with Crippen LogP contribution in [0.5, 0.6) is 0 Å². The van der Waals surface area contributed by atoms with Crippen molar-refractivity contribution >= 4 is 24.2 Å². The SMILES string of the molecule is CC.CC1CC(C(=O)NCCCNc2cc3c(cc2F)B(O)OC3)(C(C)(C)C)C1. The van der Waals surface area contributed by atoms with Crippen LogP contribution in [0.15, 0.2) is 12.1 Å². The number of benzene rings is 1. The highest BCUT2D eigenvalue weighted by Gasteiger charge is 2.55. The molecule has 1 aliphatic carbocycles. The van der Waals surface area contributed by atoms with Gasteiger partial charge in [-0.3, -0.25) is 4.79 Å². The van der Waals surface area contributed by atoms with Gasteiger partial charge in [0, 0.05) is 13.1 Å². The standard InChI is InChI=1S/C20H30BFN2O3.C2H6/c1-13-10-20(11-13,19(2,3)4)18(25)24-7-5-6-23-17-8-14-12-27-21(26)15(14)9-16(17)22;1-2/h8-9,13,23,26H,5-7,10-12H2,1-4H3,(H,24,25);1-2H3. The summed E-state index contributed by atoms with van der Waals surface area (Å²) in [4.78, 5) is 12.8. The lowest BCUT2D eigenvalue weighted by atomic mass is 9.51. The number of amides is 1. The average molecular weight is 406 g/mol. The molecule has 7 heteroatoms. The topological polar surface area (TPSA) is 70.6 Å². The maximum absolute atomic E-state index is 14.1. The number of carbonyl (C=O) groups is 1. The highest BCUT2D eigenvalue weighted by atomic mass is 19.1. The summed E-state index contributed by atoms with van der Waals surface area (Å²) >= 11 is 0. The fraction of sp³-hybridized carbons (Fsp3) is 0.682. The lowest BCUT2D eigenvalue weighted by Crippen LogP contribution is -2.56. The summed E-state index contributed by atoms with van der Waals surface area (Å²) in [5.74, 6) is 0.336. The third-order valence-corrected chi connectivity index (χ3v) is 6.11. The quantitative estimate of drug-likeness (QED) is 0.500. The van der Waals surface area contributed by atoms with Crippen molar-refractivity contribution < 1.29 is 18.9 Å². The van der Waals surface area contributed by atoms with Crippen molar-refractivity contribution in [1.29, 1.82) is 0 Å². The zero-order valence-electron chi connectivity index (χ0n) is 18.7. The molecular weight excluding hydrogens is 370 g/mol. The van der Waals surface area contributed by atoms with Gasteiger partial charge >= 0.3 is 7.12 Å². The molecule has 0 radical (unpaired) electrons. The molecule has 0 aromatic heterocycles. The Morgan fingerprint density at radius 3 is 2.55 bits per heavy atom. The molecule has 1 amide bonds. The van der Waals surface area contributed by atoms with Crippen molar-refractivity contribution in [3.63, 3.8) is 0 Å². The van der Waals surface area contributed by atoms with Crippen molar-refractivity contribution in [2.24, 2.45) is 16.7 Å². The minimum absolute atomic E-state index is 0.0535. The van der Waals surface area contributed by atoms with Crippen molar-refractivity contribution in [3.8, 4) is 0 Å². The largest absolute Gasteiger partial charge is 0.491 e. The first-order valence-corrected chi connectivity index (χ1v) is 10.8. The first-order chi connectivity index (χ1) is 13.6. The van der Waals surface area contributed by atoms with Crippen LogP contribution in [-0.4, -0.2) is 31.1 Å². The highest BCUT2D eigenvalue weighted by Crippen LogP contribution is 2.56. The molecule has 1 aromatic rings. The number of anilines is 1. The van der Waals surface area contributed by atoms with Crippen molar-refractivity contribution in [2.45, 2.75) is 67.4 Å². The van der Waals surface area contributed by atoms with Gasteiger partial charge in [0.05, 0.1) is 17.7 Å². The van der Waals surface area contributed by atoms with Gasteiger partial charge in [0.15, 0.2) is 0 Å². The fourth-order valence-corrected chi connectivity index (χ4v) is 4.33. The van der Waals surface area contributed by atoms with Gasteiger partial charge in [-0.05, 0) is 53.8 Å². The Morgan fingerprint density at radius 1 is 1.31 bits per heavy atom. The number of rotatable bonds is 6. The zero-order chi connectivity index (χ0) is 21.8. The van der Waals surface area contributed by atoms with E-state index < -0.39 is 12.9 Å². The van der Waals surface area contributed by atoms with Crippen LogP contribution in [0.2, 0.25) is 0 Å². The molecule has 1 aromatic carbocycles. The van der Waals surface area contributed by atoms with Crippen LogP contribution in [-0.2, 0) is 16.1 Å². The van der Waals surface area contributed by atoms with E-state index in [-0.39, 0.29) is 23.3 Å². The van der Waals surface area contributed by atoms with E-state index in [9.17, 15) is 14.2 Å². The maximum atomic E-state index is 14.1. The number of nitrogens with one attached hydrogen (secondary N) is 2. The van der Waals surface area contributed by atoms with E-state index in [1.54, 1.807) is 6.07 Å². The Labute approximate surface area is 174 Å². The molecule has 29 heavy (non-hydrogen) atoms. The van der Waals surface area contributed by atoms with Crippen molar-refractivity contribution in [2.75, 3.05) is 18.4 Å². The monoisotopic (exact) mass is 406 g/mol. The van der Waals surface area contributed by atoms with Crippen LogP contribution in [0.4, 0.5) is 10.1 Å². The van der Waals surface area contributed by atoms with E-state index in [1.807, 2.05) is 13.8 Å². The molecule has 3 rings (SSSR count). The molecule has 5 nitrogen and oxygen atoms in total. The van der Waals surface area contributed by atoms with Gasteiger partial charge in [0.2, 0.25) is 5.91 Å². The number of hydrogen-bond acceptors (Lipinski definition) is 4. The molecule has 2 aliphatic rings. The Kier molecular flexibility index (Phi) is 7.74. The second-order valence-corrected chi connectivity index (χ2v) is 9.08. The molecule has 1 heterocycles. The van der Waals surface area contributed by atoms with Gasteiger partial charge in [-0.25, -0.2) is 4.39 Å². The lowest BCUT2D eigenvalue weighted by molar-refractivity contribution is -0.151. The minimum Gasteiger partial charge on any atom is -0.423 e. The second kappa shape index (κ2) is 9.48. The van der Waals surface area contributed by atoms with Gasteiger partial charge in [-0.2, -0.15) is 0 Å². The first kappa shape index (κ1) is 23.7. The van der Waals surface area contributed by atoms with E-state index in [2.05, 4.69) is 38.3 Å². The van der Waals surface area contributed by atoms with E-state index >= 15 is 0 Å².